The number of nitrogens with one attached hydrogen (secondary N) is 6. The van der Waals surface area contributed by atoms with Crippen LogP contribution in [0, 0.1) is 11.8 Å². The van der Waals surface area contributed by atoms with Gasteiger partial charge in [-0.05, 0) is 187 Å². The summed E-state index contributed by atoms with van der Waals surface area (Å²) in [4.78, 5) is 18.4. The number of ether oxygens (including phenoxy) is 2. The van der Waals surface area contributed by atoms with E-state index in [0.717, 1.165) is 70.2 Å². The van der Waals surface area contributed by atoms with E-state index in [2.05, 4.69) is 148 Å². The molecule has 4 aliphatic rings. The van der Waals surface area contributed by atoms with Crippen LogP contribution in [0.25, 0.3) is 0 Å². The first-order valence-electron chi connectivity index (χ1n) is 23.2. The zero-order valence-corrected chi connectivity index (χ0v) is 41.1. The summed E-state index contributed by atoms with van der Waals surface area (Å²) in [5, 5.41) is 23.0. The van der Waals surface area contributed by atoms with Crippen LogP contribution < -0.4 is 36.8 Å². The van der Waals surface area contributed by atoms with Crippen molar-refractivity contribution in [2.75, 3.05) is 42.8 Å². The van der Waals surface area contributed by atoms with Crippen LogP contribution in [0.5, 0.6) is 0 Å². The van der Waals surface area contributed by atoms with Gasteiger partial charge in [0.15, 0.2) is 0 Å². The van der Waals surface area contributed by atoms with Gasteiger partial charge in [0, 0.05) is 83.7 Å². The molecule has 59 heavy (non-hydrogen) atoms. The Morgan fingerprint density at radius 2 is 0.746 bits per heavy atom. The Morgan fingerprint density at radius 1 is 0.475 bits per heavy atom. The predicted octanol–water partition coefficient (Wildman–Crippen LogP) is 8.04. The average molecular weight is 827 g/mol. The lowest BCUT2D eigenvalue weighted by molar-refractivity contribution is -0.00439. The number of rotatable bonds is 15. The summed E-state index contributed by atoms with van der Waals surface area (Å²) in [5.74, 6) is 2.91. The molecular weight excluding hydrogens is 737 g/mol. The Kier molecular flexibility index (Phi) is 14.2. The van der Waals surface area contributed by atoms with E-state index in [1.165, 1.54) is 0 Å². The normalized spacial score (nSPS) is 27.4. The van der Waals surface area contributed by atoms with Gasteiger partial charge >= 0.3 is 0 Å². The Morgan fingerprint density at radius 3 is 1.02 bits per heavy atom. The van der Waals surface area contributed by atoms with Gasteiger partial charge in [0.2, 0.25) is 17.8 Å². The van der Waals surface area contributed by atoms with E-state index in [0.29, 0.717) is 36.8 Å². The number of hydrogen-bond donors (Lipinski definition) is 6. The molecule has 5 rings (SSSR count). The molecule has 0 aliphatic carbocycles. The van der Waals surface area contributed by atoms with Crippen molar-refractivity contribution in [3.05, 3.63) is 0 Å². The Bertz CT molecular complexity index is 1380. The van der Waals surface area contributed by atoms with Crippen LogP contribution in [0.15, 0.2) is 0 Å². The maximum atomic E-state index is 6.23. The topological polar surface area (TPSA) is 133 Å². The summed E-state index contributed by atoms with van der Waals surface area (Å²) in [5.41, 5.74) is 0.0520. The average Bonchev–Trinajstić information content (AvgIpc) is 2.99. The zero-order chi connectivity index (χ0) is 44.0. The number of hydrogen-bond acceptors (Lipinski definition) is 12. The largest absolute Gasteiger partial charge is 0.381 e. The third-order valence-electron chi connectivity index (χ3n) is 13.5. The van der Waals surface area contributed by atoms with E-state index < -0.39 is 0 Å². The molecule has 6 N–H and O–H groups in total. The number of anilines is 3. The lowest BCUT2D eigenvalue weighted by Gasteiger charge is -2.55. The summed E-state index contributed by atoms with van der Waals surface area (Å²) < 4.78 is 12.5. The lowest BCUT2D eigenvalue weighted by atomic mass is 9.73. The molecule has 2 atom stereocenters. The molecule has 0 saturated carbocycles. The molecule has 5 heterocycles. The molecule has 4 fully saturated rings. The van der Waals surface area contributed by atoms with E-state index >= 15 is 0 Å². The number of aromatic nitrogens is 3. The van der Waals surface area contributed by atoms with Crippen LogP contribution in [-0.4, -0.2) is 111 Å². The molecule has 4 aliphatic heterocycles. The maximum absolute atomic E-state index is 6.23. The van der Waals surface area contributed by atoms with Crippen LogP contribution in [0.4, 0.5) is 17.8 Å². The Balaban J connectivity index is 1.46. The molecule has 12 heteroatoms. The van der Waals surface area contributed by atoms with Gasteiger partial charge in [-0.2, -0.15) is 15.0 Å². The van der Waals surface area contributed by atoms with Gasteiger partial charge in [-0.1, -0.05) is 0 Å². The molecule has 0 spiro atoms. The minimum atomic E-state index is -0.0440. The van der Waals surface area contributed by atoms with Crippen molar-refractivity contribution in [3.8, 4) is 0 Å². The van der Waals surface area contributed by atoms with Crippen molar-refractivity contribution >= 4 is 17.8 Å². The number of methoxy groups -OCH3 is 2. The fourth-order valence-electron chi connectivity index (χ4n) is 13.3. The molecule has 4 saturated heterocycles. The van der Waals surface area contributed by atoms with Crippen molar-refractivity contribution in [1.82, 2.24) is 36.2 Å². The first-order valence-corrected chi connectivity index (χ1v) is 23.2. The summed E-state index contributed by atoms with van der Waals surface area (Å²) in [6.07, 6.45) is 10.3. The van der Waals surface area contributed by atoms with E-state index in [-0.39, 0.29) is 68.6 Å². The maximum Gasteiger partial charge on any atom is 0.232 e. The minimum Gasteiger partial charge on any atom is -0.381 e. The molecule has 0 radical (unpaired) electrons. The van der Waals surface area contributed by atoms with E-state index in [9.17, 15) is 0 Å². The standard InChI is InChI=1S/C47H90N10O2/c1-40(2)23-31(24-41(3,4)53-40)35(58-17)19-21-48-37-50-38(49-22-20-36(59-18)32-25-42(5,6)54-43(7,8)26-32)52-39(51-37)57(33-27-44(9,10)55-45(11,12)28-33)34-29-46(13,14)56-47(15,16)30-34/h31-36,53-56H,19-30H2,1-18H3,(H2,48,49,50,51,52). The molecule has 2 unspecified atom stereocenters. The highest BCUT2D eigenvalue weighted by Gasteiger charge is 2.48. The van der Waals surface area contributed by atoms with Gasteiger partial charge in [-0.25, -0.2) is 0 Å². The third kappa shape index (κ3) is 13.6. The van der Waals surface area contributed by atoms with Gasteiger partial charge < -0.3 is 46.3 Å². The molecule has 12 nitrogen and oxygen atoms in total. The second-order valence-corrected chi connectivity index (χ2v) is 24.7. The molecule has 0 amide bonds. The SMILES string of the molecule is COC(CCNc1nc(NCCC(OC)C2CC(C)(C)NC(C)(C)C2)nc(N(C2CC(C)(C)NC(C)(C)C2)C2CC(C)(C)NC(C)(C)C2)n1)C1CC(C)(C)NC(C)(C)C1. The van der Waals surface area contributed by atoms with E-state index in [1.54, 1.807) is 0 Å². The summed E-state index contributed by atoms with van der Waals surface area (Å²) in [6, 6.07) is 0.487. The van der Waals surface area contributed by atoms with Crippen LogP contribution in [0.3, 0.4) is 0 Å². The van der Waals surface area contributed by atoms with Gasteiger partial charge in [0.1, 0.15) is 0 Å². The van der Waals surface area contributed by atoms with Crippen LogP contribution in [-0.2, 0) is 9.47 Å². The Hall–Kier alpha value is -1.83. The summed E-state index contributed by atoms with van der Waals surface area (Å²) in [6.45, 7) is 38.7. The second kappa shape index (κ2) is 17.4. The highest BCUT2D eigenvalue weighted by Crippen LogP contribution is 2.41. The number of nitrogens with zero attached hydrogens (tertiary/aromatic N) is 4. The molecule has 1 aromatic rings. The quantitative estimate of drug-likeness (QED) is 0.102. The van der Waals surface area contributed by atoms with Gasteiger partial charge in [-0.15, -0.1) is 0 Å². The van der Waals surface area contributed by atoms with Crippen molar-refractivity contribution < 1.29 is 9.47 Å². The zero-order valence-electron chi connectivity index (χ0n) is 41.1. The minimum absolute atomic E-state index is 0.0440. The molecule has 1 aromatic heterocycles. The molecule has 0 bridgehead atoms. The smallest absolute Gasteiger partial charge is 0.232 e. The Labute approximate surface area is 360 Å². The van der Waals surface area contributed by atoms with Crippen LogP contribution in [0.1, 0.15) is 175 Å². The summed E-state index contributed by atoms with van der Waals surface area (Å²) >= 11 is 0. The molecule has 0 aromatic carbocycles. The summed E-state index contributed by atoms with van der Waals surface area (Å²) in [7, 11) is 3.74. The van der Waals surface area contributed by atoms with Crippen LogP contribution >= 0.6 is 0 Å². The molecule has 340 valence electrons. The highest BCUT2D eigenvalue weighted by atomic mass is 16.5. The lowest BCUT2D eigenvalue weighted by Crippen LogP contribution is -2.67. The second-order valence-electron chi connectivity index (χ2n) is 24.7. The van der Waals surface area contributed by atoms with Crippen molar-refractivity contribution in [3.63, 3.8) is 0 Å². The van der Waals surface area contributed by atoms with Crippen molar-refractivity contribution in [2.45, 2.75) is 244 Å². The van der Waals surface area contributed by atoms with Crippen LogP contribution in [0.2, 0.25) is 0 Å². The van der Waals surface area contributed by atoms with Gasteiger partial charge in [-0.3, -0.25) is 0 Å². The van der Waals surface area contributed by atoms with E-state index in [4.69, 9.17) is 24.4 Å². The fraction of sp³-hybridized carbons (Fsp3) is 0.936. The molecular formula is C47H90N10O2. The van der Waals surface area contributed by atoms with Crippen molar-refractivity contribution in [2.24, 2.45) is 11.8 Å². The van der Waals surface area contributed by atoms with Gasteiger partial charge in [0.25, 0.3) is 0 Å². The van der Waals surface area contributed by atoms with Crippen molar-refractivity contribution in [1.29, 1.82) is 0 Å². The first kappa shape index (κ1) is 48.2. The van der Waals surface area contributed by atoms with E-state index in [1.807, 2.05) is 14.2 Å². The fourth-order valence-corrected chi connectivity index (χ4v) is 13.3. The highest BCUT2D eigenvalue weighted by molar-refractivity contribution is 5.46. The predicted molar refractivity (Wildman–Crippen MR) is 247 cm³/mol. The monoisotopic (exact) mass is 827 g/mol. The van der Waals surface area contributed by atoms with Gasteiger partial charge in [0.05, 0.1) is 12.2 Å². The number of piperidine rings is 4. The first-order chi connectivity index (χ1) is 26.9. The third-order valence-corrected chi connectivity index (χ3v) is 13.5.